The van der Waals surface area contributed by atoms with Crippen LogP contribution in [0, 0.1) is 5.92 Å². The summed E-state index contributed by atoms with van der Waals surface area (Å²) in [5.74, 6) is 0.737. The van der Waals surface area contributed by atoms with E-state index >= 15 is 0 Å². The van der Waals surface area contributed by atoms with E-state index in [0.717, 1.165) is 37.8 Å². The summed E-state index contributed by atoms with van der Waals surface area (Å²) in [7, 11) is 1.94. The molecule has 0 fully saturated rings. The minimum Gasteiger partial charge on any atom is -0.316 e. The van der Waals surface area contributed by atoms with Gasteiger partial charge in [0.15, 0.2) is 0 Å². The van der Waals surface area contributed by atoms with Crippen molar-refractivity contribution in [2.45, 2.75) is 26.8 Å². The number of hydrogen-bond acceptors (Lipinski definition) is 3. The van der Waals surface area contributed by atoms with Crippen molar-refractivity contribution in [2.24, 2.45) is 13.0 Å². The Bertz CT molecular complexity index is 280. The van der Waals surface area contributed by atoms with E-state index in [9.17, 15) is 0 Å². The molecule has 1 rings (SSSR count). The van der Waals surface area contributed by atoms with Crippen molar-refractivity contribution < 1.29 is 0 Å². The van der Waals surface area contributed by atoms with Gasteiger partial charge in [-0.2, -0.15) is 5.10 Å². The molecule has 0 amide bonds. The maximum atomic E-state index is 4.31. The van der Waals surface area contributed by atoms with Crippen molar-refractivity contribution >= 4 is 0 Å². The molecule has 0 radical (unpaired) electrons. The van der Waals surface area contributed by atoms with Crippen LogP contribution in [-0.4, -0.2) is 29.4 Å². The Balaban J connectivity index is 1.92. The minimum absolute atomic E-state index is 0.737. The lowest BCUT2D eigenvalue weighted by molar-refractivity contribution is 0.528. The minimum atomic E-state index is 0.737. The van der Waals surface area contributed by atoms with Crippen molar-refractivity contribution in [3.63, 3.8) is 0 Å². The van der Waals surface area contributed by atoms with Crippen molar-refractivity contribution in [1.29, 1.82) is 0 Å². The molecule has 4 heteroatoms. The van der Waals surface area contributed by atoms with Gasteiger partial charge in [0.05, 0.1) is 5.69 Å². The Morgan fingerprint density at radius 2 is 2.06 bits per heavy atom. The second-order valence-electron chi connectivity index (χ2n) is 4.61. The zero-order valence-corrected chi connectivity index (χ0v) is 10.7. The van der Waals surface area contributed by atoms with Gasteiger partial charge in [-0.05, 0) is 38.0 Å². The molecule has 1 aromatic heterocycles. The fourth-order valence-electron chi connectivity index (χ4n) is 1.50. The number of hydrogen-bond donors (Lipinski definition) is 2. The van der Waals surface area contributed by atoms with Crippen molar-refractivity contribution in [3.8, 4) is 0 Å². The topological polar surface area (TPSA) is 41.9 Å². The third kappa shape index (κ3) is 5.88. The molecule has 2 N–H and O–H groups in total. The second-order valence-corrected chi connectivity index (χ2v) is 4.61. The van der Waals surface area contributed by atoms with Gasteiger partial charge >= 0.3 is 0 Å². The predicted molar refractivity (Wildman–Crippen MR) is 67.2 cm³/mol. The molecule has 1 aromatic rings. The maximum Gasteiger partial charge on any atom is 0.0762 e. The average molecular weight is 224 g/mol. The molecule has 0 aliphatic carbocycles. The SMILES string of the molecule is CC(C)CNCCCNCc1ccn(C)n1. The predicted octanol–water partition coefficient (Wildman–Crippen LogP) is 1.15. The molecule has 0 unspecified atom stereocenters. The first kappa shape index (κ1) is 13.2. The maximum absolute atomic E-state index is 4.31. The molecule has 0 saturated carbocycles. The Morgan fingerprint density at radius 3 is 2.69 bits per heavy atom. The number of nitrogens with zero attached hydrogens (tertiary/aromatic N) is 2. The number of rotatable bonds is 8. The van der Waals surface area contributed by atoms with E-state index in [4.69, 9.17) is 0 Å². The zero-order valence-electron chi connectivity index (χ0n) is 10.7. The standard InChI is InChI=1S/C12H24N4/c1-11(2)9-13-6-4-7-14-10-12-5-8-16(3)15-12/h5,8,11,13-14H,4,6-7,9-10H2,1-3H3. The Hall–Kier alpha value is -0.870. The van der Waals surface area contributed by atoms with Crippen LogP contribution >= 0.6 is 0 Å². The highest BCUT2D eigenvalue weighted by Crippen LogP contribution is 1.92. The monoisotopic (exact) mass is 224 g/mol. The molecular formula is C12H24N4. The molecule has 0 aromatic carbocycles. The molecule has 0 aliphatic heterocycles. The summed E-state index contributed by atoms with van der Waals surface area (Å²) in [6.07, 6.45) is 3.14. The van der Waals surface area contributed by atoms with E-state index in [1.807, 2.05) is 24.0 Å². The summed E-state index contributed by atoms with van der Waals surface area (Å²) in [5.41, 5.74) is 1.11. The fraction of sp³-hybridized carbons (Fsp3) is 0.750. The van der Waals surface area contributed by atoms with Gasteiger partial charge in [-0.3, -0.25) is 4.68 Å². The van der Waals surface area contributed by atoms with E-state index in [1.165, 1.54) is 6.42 Å². The Kier molecular flexibility index (Phi) is 6.11. The van der Waals surface area contributed by atoms with E-state index in [2.05, 4.69) is 29.6 Å². The number of aryl methyl sites for hydroxylation is 1. The van der Waals surface area contributed by atoms with Crippen LogP contribution in [0.15, 0.2) is 12.3 Å². The fourth-order valence-corrected chi connectivity index (χ4v) is 1.50. The van der Waals surface area contributed by atoms with Crippen molar-refractivity contribution in [1.82, 2.24) is 20.4 Å². The van der Waals surface area contributed by atoms with Gasteiger partial charge in [0.25, 0.3) is 0 Å². The average Bonchev–Trinajstić information content (AvgIpc) is 2.62. The lowest BCUT2D eigenvalue weighted by atomic mass is 10.2. The van der Waals surface area contributed by atoms with Crippen LogP contribution in [0.5, 0.6) is 0 Å². The molecule has 0 saturated heterocycles. The lowest BCUT2D eigenvalue weighted by Crippen LogP contribution is -2.24. The van der Waals surface area contributed by atoms with Gasteiger partial charge < -0.3 is 10.6 Å². The van der Waals surface area contributed by atoms with E-state index < -0.39 is 0 Å². The molecule has 1 heterocycles. The molecule has 0 aliphatic rings. The summed E-state index contributed by atoms with van der Waals surface area (Å²) >= 11 is 0. The van der Waals surface area contributed by atoms with Gasteiger partial charge in [0.1, 0.15) is 0 Å². The number of nitrogens with one attached hydrogen (secondary N) is 2. The first-order chi connectivity index (χ1) is 7.68. The zero-order chi connectivity index (χ0) is 11.8. The van der Waals surface area contributed by atoms with Crippen LogP contribution in [0.4, 0.5) is 0 Å². The normalized spacial score (nSPS) is 11.2. The highest BCUT2D eigenvalue weighted by atomic mass is 15.3. The Labute approximate surface area is 98.4 Å². The van der Waals surface area contributed by atoms with E-state index in [1.54, 1.807) is 0 Å². The molecule has 0 spiro atoms. The summed E-state index contributed by atoms with van der Waals surface area (Å²) in [4.78, 5) is 0. The summed E-state index contributed by atoms with van der Waals surface area (Å²) < 4.78 is 1.83. The van der Waals surface area contributed by atoms with Crippen LogP contribution in [-0.2, 0) is 13.6 Å². The van der Waals surface area contributed by atoms with Gasteiger partial charge in [-0.15, -0.1) is 0 Å². The first-order valence-corrected chi connectivity index (χ1v) is 6.08. The van der Waals surface area contributed by atoms with E-state index in [-0.39, 0.29) is 0 Å². The summed E-state index contributed by atoms with van der Waals surface area (Å²) in [5, 5.41) is 11.1. The first-order valence-electron chi connectivity index (χ1n) is 6.08. The molecule has 92 valence electrons. The molecule has 0 atom stereocenters. The van der Waals surface area contributed by atoms with Gasteiger partial charge in [0.2, 0.25) is 0 Å². The van der Waals surface area contributed by atoms with Crippen LogP contribution in [0.25, 0.3) is 0 Å². The highest BCUT2D eigenvalue weighted by Gasteiger charge is 1.96. The molecule has 16 heavy (non-hydrogen) atoms. The quantitative estimate of drug-likeness (QED) is 0.651. The van der Waals surface area contributed by atoms with Gasteiger partial charge in [0, 0.05) is 19.8 Å². The molecule has 4 nitrogen and oxygen atoms in total. The number of aromatic nitrogens is 2. The van der Waals surface area contributed by atoms with Crippen LogP contribution in [0.3, 0.4) is 0 Å². The second kappa shape index (κ2) is 7.41. The van der Waals surface area contributed by atoms with Crippen LogP contribution in [0.1, 0.15) is 26.0 Å². The van der Waals surface area contributed by atoms with Gasteiger partial charge in [-0.1, -0.05) is 13.8 Å². The Morgan fingerprint density at radius 1 is 1.31 bits per heavy atom. The van der Waals surface area contributed by atoms with Crippen molar-refractivity contribution in [3.05, 3.63) is 18.0 Å². The summed E-state index contributed by atoms with van der Waals surface area (Å²) in [6, 6.07) is 2.05. The molecular weight excluding hydrogens is 200 g/mol. The van der Waals surface area contributed by atoms with Crippen molar-refractivity contribution in [2.75, 3.05) is 19.6 Å². The third-order valence-electron chi connectivity index (χ3n) is 2.33. The largest absolute Gasteiger partial charge is 0.316 e. The highest BCUT2D eigenvalue weighted by molar-refractivity contribution is 4.97. The third-order valence-corrected chi connectivity index (χ3v) is 2.33. The van der Waals surface area contributed by atoms with Crippen LogP contribution < -0.4 is 10.6 Å². The molecule has 0 bridgehead atoms. The summed E-state index contributed by atoms with van der Waals surface area (Å²) in [6.45, 7) is 8.57. The van der Waals surface area contributed by atoms with Crippen LogP contribution in [0.2, 0.25) is 0 Å². The lowest BCUT2D eigenvalue weighted by Gasteiger charge is -2.07. The smallest absolute Gasteiger partial charge is 0.0762 e. The van der Waals surface area contributed by atoms with Gasteiger partial charge in [-0.25, -0.2) is 0 Å². The van der Waals surface area contributed by atoms with E-state index in [0.29, 0.717) is 0 Å².